The van der Waals surface area contributed by atoms with Gasteiger partial charge in [-0.2, -0.15) is 0 Å². The van der Waals surface area contributed by atoms with Gasteiger partial charge in [0.05, 0.1) is 0 Å². The number of carbonyl (C=O) groups excluding carboxylic acids is 1. The summed E-state index contributed by atoms with van der Waals surface area (Å²) in [6, 6.07) is 9.19. The molecule has 4 rings (SSSR count). The lowest BCUT2D eigenvalue weighted by atomic mass is 9.95. The van der Waals surface area contributed by atoms with E-state index in [9.17, 15) is 14.7 Å². The second kappa shape index (κ2) is 9.66. The number of phenols is 1. The molecule has 0 bridgehead atoms. The molecule has 0 spiro atoms. The van der Waals surface area contributed by atoms with Crippen molar-refractivity contribution in [1.29, 1.82) is 0 Å². The van der Waals surface area contributed by atoms with Crippen LogP contribution in [0.15, 0.2) is 39.5 Å². The summed E-state index contributed by atoms with van der Waals surface area (Å²) in [4.78, 5) is 27.7. The maximum atomic E-state index is 12.8. The number of benzene rings is 1. The number of hydrogen-bond acceptors (Lipinski definition) is 6. The minimum atomic E-state index is -0.542. The smallest absolute Gasteiger partial charge is 0.349 e. The molecule has 0 radical (unpaired) electrons. The Morgan fingerprint density at radius 2 is 2.06 bits per heavy atom. The first-order valence-corrected chi connectivity index (χ1v) is 11.2. The monoisotopic (exact) mass is 425 g/mol. The van der Waals surface area contributed by atoms with Crippen molar-refractivity contribution < 1.29 is 14.3 Å². The van der Waals surface area contributed by atoms with Gasteiger partial charge in [0.25, 0.3) is 5.91 Å². The number of amides is 1. The maximum absolute atomic E-state index is 12.8. The first-order valence-electron chi connectivity index (χ1n) is 11.2. The van der Waals surface area contributed by atoms with Gasteiger partial charge in [-0.1, -0.05) is 12.1 Å². The average Bonchev–Trinajstić information content (AvgIpc) is 2.75. The molecule has 7 heteroatoms. The van der Waals surface area contributed by atoms with E-state index in [1.807, 2.05) is 25.1 Å². The van der Waals surface area contributed by atoms with E-state index in [0.717, 1.165) is 64.0 Å². The number of nitrogens with zero attached hydrogens (tertiary/aromatic N) is 1. The van der Waals surface area contributed by atoms with Crippen molar-refractivity contribution in [2.45, 2.75) is 51.1 Å². The van der Waals surface area contributed by atoms with Crippen molar-refractivity contribution in [2.75, 3.05) is 26.2 Å². The van der Waals surface area contributed by atoms with Gasteiger partial charge in [-0.05, 0) is 68.5 Å². The topological polar surface area (TPSA) is 94.8 Å². The molecule has 3 N–H and O–H groups in total. The number of rotatable bonds is 5. The number of nitrogens with one attached hydrogen (secondary N) is 2. The number of carbonyl (C=O) groups is 1. The van der Waals surface area contributed by atoms with E-state index in [1.165, 1.54) is 0 Å². The molecular weight excluding hydrogens is 394 g/mol. The van der Waals surface area contributed by atoms with E-state index in [1.54, 1.807) is 12.1 Å². The van der Waals surface area contributed by atoms with Gasteiger partial charge in [-0.15, -0.1) is 0 Å². The fourth-order valence-electron chi connectivity index (χ4n) is 4.61. The Morgan fingerprint density at radius 3 is 2.74 bits per heavy atom. The Bertz CT molecular complexity index is 973. The molecule has 1 aromatic heterocycles. The Kier molecular flexibility index (Phi) is 6.73. The van der Waals surface area contributed by atoms with Gasteiger partial charge in [-0.3, -0.25) is 9.69 Å². The molecule has 2 saturated heterocycles. The summed E-state index contributed by atoms with van der Waals surface area (Å²) in [6.07, 6.45) is 3.68. The van der Waals surface area contributed by atoms with E-state index >= 15 is 0 Å². The molecule has 1 aromatic carbocycles. The van der Waals surface area contributed by atoms with Crippen molar-refractivity contribution in [3.63, 3.8) is 0 Å². The van der Waals surface area contributed by atoms with Gasteiger partial charge >= 0.3 is 5.63 Å². The molecule has 2 aliphatic rings. The van der Waals surface area contributed by atoms with Crippen molar-refractivity contribution >= 4 is 5.91 Å². The average molecular weight is 426 g/mol. The summed E-state index contributed by atoms with van der Waals surface area (Å²) in [5.74, 6) is 0.797. The van der Waals surface area contributed by atoms with Crippen molar-refractivity contribution in [2.24, 2.45) is 0 Å². The van der Waals surface area contributed by atoms with Gasteiger partial charge in [-0.25, -0.2) is 4.79 Å². The van der Waals surface area contributed by atoms with Crippen LogP contribution in [0.25, 0.3) is 0 Å². The van der Waals surface area contributed by atoms with Crippen molar-refractivity contribution in [3.8, 4) is 5.75 Å². The van der Waals surface area contributed by atoms with Crippen LogP contribution in [0.4, 0.5) is 0 Å². The third-order valence-corrected chi connectivity index (χ3v) is 6.33. The third kappa shape index (κ3) is 5.35. The predicted octanol–water partition coefficient (Wildman–Crippen LogP) is 2.52. The highest BCUT2D eigenvalue weighted by Gasteiger charge is 2.25. The first-order chi connectivity index (χ1) is 15.0. The van der Waals surface area contributed by atoms with Gasteiger partial charge in [0.15, 0.2) is 0 Å². The van der Waals surface area contributed by atoms with Gasteiger partial charge in [0.1, 0.15) is 17.1 Å². The van der Waals surface area contributed by atoms with Crippen LogP contribution in [0, 0.1) is 6.92 Å². The number of aryl methyl sites for hydroxylation is 1. The highest BCUT2D eigenvalue weighted by molar-refractivity contribution is 5.95. The number of likely N-dealkylation sites (tertiary alicyclic amines) is 1. The van der Waals surface area contributed by atoms with Crippen LogP contribution in [0.2, 0.25) is 0 Å². The van der Waals surface area contributed by atoms with E-state index in [0.29, 0.717) is 11.3 Å². The summed E-state index contributed by atoms with van der Waals surface area (Å²) in [5.41, 5.74) is 1.33. The Balaban J connectivity index is 1.34. The standard InChI is InChI=1S/C24H31N3O4/c1-16-12-21(18-5-3-9-25-14-18)31-24(30)22(16)23(29)26-19-7-10-27(11-8-19)15-17-4-2-6-20(28)13-17/h2,4,6,12-13,18-19,25,28H,3,5,7-11,14-15H2,1H3,(H,26,29). The molecule has 1 amide bonds. The van der Waals surface area contributed by atoms with E-state index < -0.39 is 5.63 Å². The zero-order valence-electron chi connectivity index (χ0n) is 18.0. The summed E-state index contributed by atoms with van der Waals surface area (Å²) in [7, 11) is 0. The van der Waals surface area contributed by atoms with Crippen LogP contribution in [-0.4, -0.2) is 48.1 Å². The lowest BCUT2D eigenvalue weighted by Gasteiger charge is -2.32. The SMILES string of the molecule is Cc1cc(C2CCCNC2)oc(=O)c1C(=O)NC1CCN(Cc2cccc(O)c2)CC1. The molecule has 1 unspecified atom stereocenters. The molecule has 2 aliphatic heterocycles. The van der Waals surface area contributed by atoms with Crippen LogP contribution in [0.3, 0.4) is 0 Å². The number of aromatic hydroxyl groups is 1. The fraction of sp³-hybridized carbons (Fsp3) is 0.500. The van der Waals surface area contributed by atoms with E-state index in [-0.39, 0.29) is 29.2 Å². The second-order valence-corrected chi connectivity index (χ2v) is 8.73. The van der Waals surface area contributed by atoms with Crippen LogP contribution in [-0.2, 0) is 6.54 Å². The van der Waals surface area contributed by atoms with Crippen molar-refractivity contribution in [3.05, 3.63) is 63.2 Å². The third-order valence-electron chi connectivity index (χ3n) is 6.33. The highest BCUT2D eigenvalue weighted by atomic mass is 16.4. The summed E-state index contributed by atoms with van der Waals surface area (Å²) >= 11 is 0. The van der Waals surface area contributed by atoms with Crippen LogP contribution in [0.5, 0.6) is 5.75 Å². The molecule has 2 fully saturated rings. The molecule has 1 atom stereocenters. The molecule has 31 heavy (non-hydrogen) atoms. The number of hydrogen-bond donors (Lipinski definition) is 3. The number of piperidine rings is 2. The first kappa shape index (κ1) is 21.6. The molecule has 0 aliphatic carbocycles. The Labute approximate surface area is 182 Å². The van der Waals surface area contributed by atoms with Crippen LogP contribution >= 0.6 is 0 Å². The number of phenolic OH excluding ortho intramolecular Hbond substituents is 1. The quantitative estimate of drug-likeness (QED) is 0.682. The molecular formula is C24H31N3O4. The lowest BCUT2D eigenvalue weighted by molar-refractivity contribution is 0.0903. The normalized spacial score (nSPS) is 20.5. The molecule has 3 heterocycles. The second-order valence-electron chi connectivity index (χ2n) is 8.73. The fourth-order valence-corrected chi connectivity index (χ4v) is 4.61. The molecule has 0 saturated carbocycles. The van der Waals surface area contributed by atoms with Crippen LogP contribution < -0.4 is 16.3 Å². The largest absolute Gasteiger partial charge is 0.508 e. The highest BCUT2D eigenvalue weighted by Crippen LogP contribution is 2.24. The summed E-state index contributed by atoms with van der Waals surface area (Å²) in [5, 5.41) is 16.0. The molecule has 166 valence electrons. The molecule has 7 nitrogen and oxygen atoms in total. The van der Waals surface area contributed by atoms with Gasteiger partial charge in [0.2, 0.25) is 0 Å². The lowest BCUT2D eigenvalue weighted by Crippen LogP contribution is -2.45. The Hall–Kier alpha value is -2.64. The predicted molar refractivity (Wildman–Crippen MR) is 118 cm³/mol. The minimum absolute atomic E-state index is 0.0361. The van der Waals surface area contributed by atoms with Crippen LogP contribution in [0.1, 0.15) is 58.8 Å². The zero-order valence-corrected chi connectivity index (χ0v) is 18.0. The Morgan fingerprint density at radius 1 is 1.26 bits per heavy atom. The zero-order chi connectivity index (χ0) is 21.8. The summed E-state index contributed by atoms with van der Waals surface area (Å²) < 4.78 is 5.55. The van der Waals surface area contributed by atoms with E-state index in [4.69, 9.17) is 4.42 Å². The molecule has 2 aromatic rings. The van der Waals surface area contributed by atoms with E-state index in [2.05, 4.69) is 15.5 Å². The van der Waals surface area contributed by atoms with Crippen molar-refractivity contribution in [1.82, 2.24) is 15.5 Å². The summed E-state index contributed by atoms with van der Waals surface area (Å²) in [6.45, 7) is 6.07. The maximum Gasteiger partial charge on any atom is 0.349 e. The minimum Gasteiger partial charge on any atom is -0.508 e. The van der Waals surface area contributed by atoms with Gasteiger partial charge in [0, 0.05) is 38.1 Å². The van der Waals surface area contributed by atoms with Gasteiger partial charge < -0.3 is 20.2 Å².